The van der Waals surface area contributed by atoms with Gasteiger partial charge >= 0.3 is 5.97 Å². The van der Waals surface area contributed by atoms with Crippen LogP contribution < -0.4 is 10.5 Å². The summed E-state index contributed by atoms with van der Waals surface area (Å²) in [5, 5.41) is 0.526. The number of hydrogen-bond donors (Lipinski definition) is 1. The van der Waals surface area contributed by atoms with Gasteiger partial charge in [0.15, 0.2) is 0 Å². The van der Waals surface area contributed by atoms with E-state index in [0.717, 1.165) is 53.9 Å². The number of anilines is 1. The molecular weight excluding hydrogens is 334 g/mol. The SMILES string of the molecule is CCc1sc(N)c(C(=O)OC2CCCCC2)c1-c1ccccc1OC. The first-order valence-electron chi connectivity index (χ1n) is 8.91. The molecule has 1 aromatic heterocycles. The van der Waals surface area contributed by atoms with E-state index in [1.165, 1.54) is 17.8 Å². The van der Waals surface area contributed by atoms with Gasteiger partial charge in [-0.05, 0) is 38.2 Å². The summed E-state index contributed by atoms with van der Waals surface area (Å²) in [6.07, 6.45) is 6.17. The Labute approximate surface area is 153 Å². The molecule has 0 radical (unpaired) electrons. The lowest BCUT2D eigenvalue weighted by Crippen LogP contribution is -2.21. The molecule has 1 heterocycles. The van der Waals surface area contributed by atoms with Crippen LogP contribution in [0.2, 0.25) is 0 Å². The summed E-state index contributed by atoms with van der Waals surface area (Å²) in [6, 6.07) is 7.74. The van der Waals surface area contributed by atoms with Crippen molar-refractivity contribution in [2.24, 2.45) is 0 Å². The topological polar surface area (TPSA) is 61.6 Å². The Kier molecular flexibility index (Phi) is 5.63. The molecule has 1 aromatic carbocycles. The van der Waals surface area contributed by atoms with Gasteiger partial charge < -0.3 is 15.2 Å². The van der Waals surface area contributed by atoms with E-state index < -0.39 is 0 Å². The van der Waals surface area contributed by atoms with E-state index in [1.54, 1.807) is 7.11 Å². The molecule has 0 bridgehead atoms. The van der Waals surface area contributed by atoms with Gasteiger partial charge in [0, 0.05) is 16.0 Å². The van der Waals surface area contributed by atoms with Gasteiger partial charge in [0.2, 0.25) is 0 Å². The maximum atomic E-state index is 12.9. The average Bonchev–Trinajstić information content (AvgIpc) is 2.98. The van der Waals surface area contributed by atoms with Crippen LogP contribution in [-0.2, 0) is 11.2 Å². The summed E-state index contributed by atoms with van der Waals surface area (Å²) in [5.74, 6) is 0.433. The minimum Gasteiger partial charge on any atom is -0.496 e. The summed E-state index contributed by atoms with van der Waals surface area (Å²) >= 11 is 1.47. The Bertz CT molecular complexity index is 747. The zero-order chi connectivity index (χ0) is 17.8. The zero-order valence-electron chi connectivity index (χ0n) is 14.8. The van der Waals surface area contributed by atoms with Crippen molar-refractivity contribution < 1.29 is 14.3 Å². The highest BCUT2D eigenvalue weighted by molar-refractivity contribution is 7.17. The molecule has 0 aliphatic heterocycles. The molecule has 1 aliphatic carbocycles. The summed E-state index contributed by atoms with van der Waals surface area (Å²) in [5.41, 5.74) is 8.48. The highest BCUT2D eigenvalue weighted by Crippen LogP contribution is 2.43. The highest BCUT2D eigenvalue weighted by atomic mass is 32.1. The molecule has 2 N–H and O–H groups in total. The van der Waals surface area contributed by atoms with Crippen molar-refractivity contribution in [2.75, 3.05) is 12.8 Å². The summed E-state index contributed by atoms with van der Waals surface area (Å²) < 4.78 is 11.3. The number of thiophene rings is 1. The Hall–Kier alpha value is -2.01. The molecule has 1 fully saturated rings. The predicted octanol–water partition coefficient (Wildman–Crippen LogP) is 5.06. The van der Waals surface area contributed by atoms with Crippen molar-refractivity contribution >= 4 is 22.3 Å². The van der Waals surface area contributed by atoms with Gasteiger partial charge in [-0.1, -0.05) is 31.5 Å². The quantitative estimate of drug-likeness (QED) is 0.758. The number of carbonyl (C=O) groups excluding carboxylic acids is 1. The number of para-hydroxylation sites is 1. The third-order valence-electron chi connectivity index (χ3n) is 4.74. The monoisotopic (exact) mass is 359 g/mol. The first-order valence-corrected chi connectivity index (χ1v) is 9.72. The molecule has 5 heteroatoms. The molecule has 0 unspecified atom stereocenters. The van der Waals surface area contributed by atoms with Crippen LogP contribution in [0.15, 0.2) is 24.3 Å². The van der Waals surface area contributed by atoms with E-state index in [9.17, 15) is 4.79 Å². The number of carbonyl (C=O) groups is 1. The van der Waals surface area contributed by atoms with Crippen LogP contribution in [0.3, 0.4) is 0 Å². The van der Waals surface area contributed by atoms with E-state index in [-0.39, 0.29) is 12.1 Å². The van der Waals surface area contributed by atoms with E-state index >= 15 is 0 Å². The lowest BCUT2D eigenvalue weighted by atomic mass is 9.97. The molecule has 2 aromatic rings. The fourth-order valence-electron chi connectivity index (χ4n) is 3.48. The van der Waals surface area contributed by atoms with E-state index in [1.807, 2.05) is 24.3 Å². The van der Waals surface area contributed by atoms with Crippen LogP contribution in [0.5, 0.6) is 5.75 Å². The number of hydrogen-bond acceptors (Lipinski definition) is 5. The molecule has 1 aliphatic rings. The third-order valence-corrected chi connectivity index (χ3v) is 5.90. The lowest BCUT2D eigenvalue weighted by molar-refractivity contribution is 0.0213. The Morgan fingerprint density at radius 2 is 1.96 bits per heavy atom. The Morgan fingerprint density at radius 3 is 2.64 bits per heavy atom. The van der Waals surface area contributed by atoms with Gasteiger partial charge in [-0.15, -0.1) is 11.3 Å². The number of benzene rings is 1. The summed E-state index contributed by atoms with van der Waals surface area (Å²) in [4.78, 5) is 14.0. The number of methoxy groups -OCH3 is 1. The second-order valence-electron chi connectivity index (χ2n) is 6.36. The molecular formula is C20H25NO3S. The molecule has 0 amide bonds. The molecule has 3 rings (SSSR count). The maximum absolute atomic E-state index is 12.9. The van der Waals surface area contributed by atoms with Crippen molar-refractivity contribution in [3.8, 4) is 16.9 Å². The van der Waals surface area contributed by atoms with Gasteiger partial charge in [-0.25, -0.2) is 4.79 Å². The number of rotatable bonds is 5. The van der Waals surface area contributed by atoms with Gasteiger partial charge in [0.1, 0.15) is 22.4 Å². The van der Waals surface area contributed by atoms with E-state index in [0.29, 0.717) is 10.6 Å². The van der Waals surface area contributed by atoms with Crippen LogP contribution in [0.1, 0.15) is 54.3 Å². The Balaban J connectivity index is 2.01. The first kappa shape index (κ1) is 17.8. The number of ether oxygens (including phenoxy) is 2. The van der Waals surface area contributed by atoms with Crippen LogP contribution in [0.4, 0.5) is 5.00 Å². The molecule has 0 atom stereocenters. The number of esters is 1. The fraction of sp³-hybridized carbons (Fsp3) is 0.450. The fourth-order valence-corrected chi connectivity index (χ4v) is 4.49. The second kappa shape index (κ2) is 7.91. The molecule has 4 nitrogen and oxygen atoms in total. The van der Waals surface area contributed by atoms with Gasteiger partial charge in [-0.2, -0.15) is 0 Å². The molecule has 134 valence electrons. The number of aryl methyl sites for hydroxylation is 1. The van der Waals surface area contributed by atoms with Gasteiger partial charge in [0.05, 0.1) is 7.11 Å². The highest BCUT2D eigenvalue weighted by Gasteiger charge is 2.28. The molecule has 0 spiro atoms. The third kappa shape index (κ3) is 3.66. The van der Waals surface area contributed by atoms with Crippen LogP contribution in [0.25, 0.3) is 11.1 Å². The number of nitrogens with two attached hydrogens (primary N) is 1. The number of nitrogen functional groups attached to an aromatic ring is 1. The van der Waals surface area contributed by atoms with Crippen molar-refractivity contribution in [3.05, 3.63) is 34.7 Å². The van der Waals surface area contributed by atoms with E-state index in [2.05, 4.69) is 6.92 Å². The molecule has 25 heavy (non-hydrogen) atoms. The lowest BCUT2D eigenvalue weighted by Gasteiger charge is -2.22. The smallest absolute Gasteiger partial charge is 0.342 e. The second-order valence-corrected chi connectivity index (χ2v) is 7.50. The predicted molar refractivity (Wildman–Crippen MR) is 102 cm³/mol. The standard InChI is InChI=1S/C20H25NO3S/c1-3-16-17(14-11-7-8-12-15(14)23-2)18(19(21)25-16)20(22)24-13-9-5-4-6-10-13/h7-8,11-13H,3-6,9-10,21H2,1-2H3. The van der Waals surface area contributed by atoms with Crippen molar-refractivity contribution in [1.29, 1.82) is 0 Å². The van der Waals surface area contributed by atoms with Crippen LogP contribution >= 0.6 is 11.3 Å². The minimum atomic E-state index is -0.304. The largest absolute Gasteiger partial charge is 0.496 e. The van der Waals surface area contributed by atoms with Crippen molar-refractivity contribution in [3.63, 3.8) is 0 Å². The summed E-state index contributed by atoms with van der Waals surface area (Å²) in [7, 11) is 1.64. The van der Waals surface area contributed by atoms with Crippen molar-refractivity contribution in [2.45, 2.75) is 51.6 Å². The molecule has 0 saturated heterocycles. The van der Waals surface area contributed by atoms with Gasteiger partial charge in [0.25, 0.3) is 0 Å². The van der Waals surface area contributed by atoms with Crippen molar-refractivity contribution in [1.82, 2.24) is 0 Å². The minimum absolute atomic E-state index is 0.0103. The van der Waals surface area contributed by atoms with E-state index in [4.69, 9.17) is 15.2 Å². The normalized spacial score (nSPS) is 15.1. The van der Waals surface area contributed by atoms with Crippen LogP contribution in [-0.4, -0.2) is 19.2 Å². The maximum Gasteiger partial charge on any atom is 0.342 e. The molecule has 1 saturated carbocycles. The Morgan fingerprint density at radius 1 is 1.24 bits per heavy atom. The summed E-state index contributed by atoms with van der Waals surface area (Å²) in [6.45, 7) is 2.07. The van der Waals surface area contributed by atoms with Gasteiger partial charge in [-0.3, -0.25) is 0 Å². The average molecular weight is 359 g/mol. The zero-order valence-corrected chi connectivity index (χ0v) is 15.7. The van der Waals surface area contributed by atoms with Crippen LogP contribution in [0, 0.1) is 0 Å². The first-order chi connectivity index (χ1) is 12.2.